The molecule has 1 saturated heterocycles. The molecule has 0 bridgehead atoms. The second-order valence-corrected chi connectivity index (χ2v) is 7.04. The molecule has 3 rings (SSSR count). The van der Waals surface area contributed by atoms with Crippen molar-refractivity contribution in [1.82, 2.24) is 14.9 Å². The third-order valence-electron chi connectivity index (χ3n) is 3.40. The second-order valence-electron chi connectivity index (χ2n) is 4.59. The van der Waals surface area contributed by atoms with Crippen LogP contribution in [-0.4, -0.2) is 35.7 Å². The number of halogens is 2. The number of aromatic nitrogens is 2. The molecule has 2 aromatic rings. The molecule has 0 amide bonds. The van der Waals surface area contributed by atoms with Gasteiger partial charge < -0.3 is 10.2 Å². The Labute approximate surface area is 132 Å². The summed E-state index contributed by atoms with van der Waals surface area (Å²) in [7, 11) is 0. The van der Waals surface area contributed by atoms with Crippen molar-refractivity contribution in [2.45, 2.75) is 6.42 Å². The van der Waals surface area contributed by atoms with E-state index in [4.69, 9.17) is 11.6 Å². The fraction of sp³-hybridized carbons (Fsp3) is 0.417. The summed E-state index contributed by atoms with van der Waals surface area (Å²) in [5, 5.41) is 9.75. The minimum Gasteiger partial charge on any atom is -0.369 e. The van der Waals surface area contributed by atoms with Gasteiger partial charge in [0, 0.05) is 25.0 Å². The van der Waals surface area contributed by atoms with E-state index in [0.717, 1.165) is 48.7 Å². The molecule has 1 aliphatic heterocycles. The van der Waals surface area contributed by atoms with E-state index in [-0.39, 0.29) is 0 Å². The average Bonchev–Trinajstić information content (AvgIpc) is 2.63. The molecule has 1 unspecified atom stereocenters. The van der Waals surface area contributed by atoms with Gasteiger partial charge in [0.1, 0.15) is 0 Å². The van der Waals surface area contributed by atoms with Gasteiger partial charge in [-0.2, -0.15) is 5.10 Å². The number of hydrogen-bond donors (Lipinski definition) is 1. The summed E-state index contributed by atoms with van der Waals surface area (Å²) in [6.45, 7) is 4.16. The molecular formula is C12H15ClIN4P. The Morgan fingerprint density at radius 1 is 1.32 bits per heavy atom. The van der Waals surface area contributed by atoms with Crippen LogP contribution in [0.4, 0.5) is 5.69 Å². The maximum absolute atomic E-state index is 6.44. The van der Waals surface area contributed by atoms with Gasteiger partial charge in [0.05, 0.1) is 28.8 Å². The number of benzene rings is 1. The van der Waals surface area contributed by atoms with Crippen LogP contribution >= 0.6 is 40.0 Å². The van der Waals surface area contributed by atoms with Crippen LogP contribution in [0.1, 0.15) is 6.42 Å². The minimum absolute atomic E-state index is 0.611. The monoisotopic (exact) mass is 408 g/mol. The minimum atomic E-state index is 0.611. The maximum Gasteiger partial charge on any atom is 0.0751 e. The molecule has 4 nitrogen and oxygen atoms in total. The Bertz CT molecular complexity index is 580. The highest BCUT2D eigenvalue weighted by Gasteiger charge is 2.15. The van der Waals surface area contributed by atoms with Crippen LogP contribution < -0.4 is 10.2 Å². The summed E-state index contributed by atoms with van der Waals surface area (Å²) < 4.78 is 2.03. The van der Waals surface area contributed by atoms with E-state index in [9.17, 15) is 0 Å². The van der Waals surface area contributed by atoms with E-state index in [1.54, 1.807) is 0 Å². The molecule has 1 fully saturated rings. The predicted molar refractivity (Wildman–Crippen MR) is 92.2 cm³/mol. The van der Waals surface area contributed by atoms with Crippen molar-refractivity contribution in [3.8, 4) is 0 Å². The lowest BCUT2D eigenvalue weighted by atomic mass is 10.2. The first-order valence-electron chi connectivity index (χ1n) is 6.29. The Hall–Kier alpha value is -0.100. The van der Waals surface area contributed by atoms with Crippen molar-refractivity contribution < 1.29 is 0 Å². The number of fused-ring (bicyclic) bond motifs is 1. The fourth-order valence-corrected chi connectivity index (χ4v) is 4.26. The molecule has 0 aliphatic carbocycles. The Kier molecular flexibility index (Phi) is 4.47. The number of hydrogen-bond acceptors (Lipinski definition) is 3. The molecule has 102 valence electrons. The topological polar surface area (TPSA) is 33.1 Å². The third kappa shape index (κ3) is 2.84. The number of anilines is 1. The molecule has 2 heterocycles. The van der Waals surface area contributed by atoms with Crippen LogP contribution in [-0.2, 0) is 0 Å². The van der Waals surface area contributed by atoms with Crippen LogP contribution in [0.3, 0.4) is 0 Å². The predicted octanol–water partition coefficient (Wildman–Crippen LogP) is 3.28. The molecule has 1 aliphatic rings. The number of nitrogens with zero attached hydrogens (tertiary/aromatic N) is 3. The summed E-state index contributed by atoms with van der Waals surface area (Å²) in [6, 6.07) is 4.21. The molecule has 1 N–H and O–H groups in total. The lowest BCUT2D eigenvalue weighted by Crippen LogP contribution is -2.28. The molecule has 0 radical (unpaired) electrons. The smallest absolute Gasteiger partial charge is 0.0751 e. The van der Waals surface area contributed by atoms with Gasteiger partial charge in [-0.3, -0.25) is 0 Å². The van der Waals surface area contributed by atoms with Crippen molar-refractivity contribution in [3.05, 3.63) is 23.4 Å². The quantitative estimate of drug-likeness (QED) is 0.612. The zero-order valence-electron chi connectivity index (χ0n) is 10.4. The van der Waals surface area contributed by atoms with E-state index in [1.807, 2.05) is 16.7 Å². The van der Waals surface area contributed by atoms with Crippen molar-refractivity contribution in [3.63, 3.8) is 0 Å². The van der Waals surface area contributed by atoms with Gasteiger partial charge in [-0.05, 0) is 47.1 Å². The van der Waals surface area contributed by atoms with Gasteiger partial charge in [-0.1, -0.05) is 11.6 Å². The van der Waals surface area contributed by atoms with Gasteiger partial charge in [-0.15, -0.1) is 0 Å². The summed E-state index contributed by atoms with van der Waals surface area (Å²) >= 11 is 8.79. The average molecular weight is 409 g/mol. The van der Waals surface area contributed by atoms with E-state index >= 15 is 0 Å². The molecular weight excluding hydrogens is 393 g/mol. The van der Waals surface area contributed by atoms with E-state index in [0.29, 0.717) is 6.37 Å². The summed E-state index contributed by atoms with van der Waals surface area (Å²) in [6.07, 6.45) is 3.65. The Balaban J connectivity index is 2.03. The first-order valence-corrected chi connectivity index (χ1v) is 10.7. The highest BCUT2D eigenvalue weighted by Crippen LogP contribution is 2.35. The normalized spacial score (nSPS) is 17.5. The lowest BCUT2D eigenvalue weighted by Gasteiger charge is -2.23. The Morgan fingerprint density at radius 3 is 3.05 bits per heavy atom. The SMILES string of the molecule is Clc1cc2cnn(PI)c2cc1N1CCCNCC1. The van der Waals surface area contributed by atoms with Crippen molar-refractivity contribution in [2.24, 2.45) is 0 Å². The molecule has 1 aromatic heterocycles. The summed E-state index contributed by atoms with van der Waals surface area (Å²) in [5.74, 6) is 0. The van der Waals surface area contributed by atoms with Gasteiger partial charge in [0.25, 0.3) is 0 Å². The zero-order valence-corrected chi connectivity index (χ0v) is 14.3. The second kappa shape index (κ2) is 6.12. The Morgan fingerprint density at radius 2 is 2.21 bits per heavy atom. The van der Waals surface area contributed by atoms with E-state index in [1.165, 1.54) is 5.52 Å². The van der Waals surface area contributed by atoms with E-state index in [2.05, 4.69) is 43.4 Å². The highest BCUT2D eigenvalue weighted by molar-refractivity contribution is 14.2. The maximum atomic E-state index is 6.44. The van der Waals surface area contributed by atoms with Gasteiger partial charge >= 0.3 is 0 Å². The van der Waals surface area contributed by atoms with Crippen LogP contribution in [0.5, 0.6) is 0 Å². The van der Waals surface area contributed by atoms with Crippen molar-refractivity contribution in [2.75, 3.05) is 31.1 Å². The van der Waals surface area contributed by atoms with Crippen molar-refractivity contribution in [1.29, 1.82) is 0 Å². The van der Waals surface area contributed by atoms with E-state index < -0.39 is 0 Å². The van der Waals surface area contributed by atoms with Crippen LogP contribution in [0.15, 0.2) is 18.3 Å². The summed E-state index contributed by atoms with van der Waals surface area (Å²) in [4.78, 5) is 2.37. The lowest BCUT2D eigenvalue weighted by molar-refractivity contribution is 0.724. The van der Waals surface area contributed by atoms with Crippen molar-refractivity contribution >= 4 is 56.6 Å². The van der Waals surface area contributed by atoms with Gasteiger partial charge in [0.2, 0.25) is 0 Å². The molecule has 1 atom stereocenters. The van der Waals surface area contributed by atoms with Gasteiger partial charge in [0.15, 0.2) is 0 Å². The largest absolute Gasteiger partial charge is 0.369 e. The van der Waals surface area contributed by atoms with Crippen LogP contribution in [0, 0.1) is 0 Å². The molecule has 7 heteroatoms. The standard InChI is InChI=1S/C12H15ClIN4P/c13-10-6-9-8-16-18(19-14)11(9)7-12(10)17-4-1-2-15-3-5-17/h6-8,15,19H,1-5H2. The highest BCUT2D eigenvalue weighted by atomic mass is 127. The molecule has 1 aromatic carbocycles. The molecule has 0 saturated carbocycles. The molecule has 19 heavy (non-hydrogen) atoms. The van der Waals surface area contributed by atoms with Crippen LogP contribution in [0.2, 0.25) is 5.02 Å². The first kappa shape index (κ1) is 13.9. The first-order chi connectivity index (χ1) is 9.29. The third-order valence-corrected chi connectivity index (χ3v) is 5.59. The van der Waals surface area contributed by atoms with Gasteiger partial charge in [-0.25, -0.2) is 4.45 Å². The number of rotatable bonds is 2. The number of nitrogens with one attached hydrogen (secondary N) is 1. The molecule has 0 spiro atoms. The fourth-order valence-electron chi connectivity index (χ4n) is 2.43. The van der Waals surface area contributed by atoms with Crippen LogP contribution in [0.25, 0.3) is 10.9 Å². The summed E-state index contributed by atoms with van der Waals surface area (Å²) in [5.41, 5.74) is 2.30. The zero-order chi connectivity index (χ0) is 13.2.